The number of hydrogen-bond acceptors (Lipinski definition) is 3. The van der Waals surface area contributed by atoms with E-state index < -0.39 is 12.0 Å². The number of carbonyl (C=O) groups excluding carboxylic acids is 1. The zero-order valence-electron chi connectivity index (χ0n) is 10.5. The molecule has 2 rings (SSSR count). The zero-order chi connectivity index (χ0) is 13.7. The van der Waals surface area contributed by atoms with E-state index in [2.05, 4.69) is 5.32 Å². The second-order valence-corrected chi connectivity index (χ2v) is 4.91. The van der Waals surface area contributed by atoms with Crippen LogP contribution in [-0.2, 0) is 4.79 Å². The second kappa shape index (κ2) is 6.41. The number of carbonyl (C=O) groups is 1. The summed E-state index contributed by atoms with van der Waals surface area (Å²) in [6.07, 6.45) is 0.818. The SMILES string of the molecule is CSc1cccc(NC(=O)C(O)c2ccccc2)c1. The fraction of sp³-hybridized carbons (Fsp3) is 0.133. The van der Waals surface area contributed by atoms with E-state index in [1.54, 1.807) is 42.1 Å². The van der Waals surface area contributed by atoms with Gasteiger partial charge in [-0.25, -0.2) is 0 Å². The standard InChI is InChI=1S/C15H15NO2S/c1-19-13-9-5-8-12(10-13)16-15(18)14(17)11-6-3-2-4-7-11/h2-10,14,17H,1H3,(H,16,18). The monoisotopic (exact) mass is 273 g/mol. The maximum Gasteiger partial charge on any atom is 0.257 e. The van der Waals surface area contributed by atoms with Gasteiger partial charge in [0.1, 0.15) is 0 Å². The smallest absolute Gasteiger partial charge is 0.257 e. The Hall–Kier alpha value is -1.78. The van der Waals surface area contributed by atoms with Crippen molar-refractivity contribution in [3.8, 4) is 0 Å². The number of rotatable bonds is 4. The van der Waals surface area contributed by atoms with Gasteiger partial charge < -0.3 is 10.4 Å². The predicted octanol–water partition coefficient (Wildman–Crippen LogP) is 3.08. The maximum atomic E-state index is 11.9. The van der Waals surface area contributed by atoms with Crippen molar-refractivity contribution in [3.05, 3.63) is 60.2 Å². The molecule has 0 spiro atoms. The molecular formula is C15H15NO2S. The summed E-state index contributed by atoms with van der Waals surface area (Å²) in [4.78, 5) is 13.0. The van der Waals surface area contributed by atoms with E-state index in [0.29, 0.717) is 11.3 Å². The molecule has 0 saturated carbocycles. The summed E-state index contributed by atoms with van der Waals surface area (Å²) < 4.78 is 0. The topological polar surface area (TPSA) is 49.3 Å². The molecule has 1 atom stereocenters. The summed E-state index contributed by atoms with van der Waals surface area (Å²) in [7, 11) is 0. The van der Waals surface area contributed by atoms with Gasteiger partial charge in [-0.2, -0.15) is 0 Å². The highest BCUT2D eigenvalue weighted by atomic mass is 32.2. The molecule has 0 aliphatic heterocycles. The number of thioether (sulfide) groups is 1. The van der Waals surface area contributed by atoms with Crippen LogP contribution in [0.4, 0.5) is 5.69 Å². The van der Waals surface area contributed by atoms with Gasteiger partial charge in [-0.05, 0) is 30.0 Å². The van der Waals surface area contributed by atoms with Crippen LogP contribution in [0.1, 0.15) is 11.7 Å². The molecule has 19 heavy (non-hydrogen) atoms. The van der Waals surface area contributed by atoms with E-state index >= 15 is 0 Å². The van der Waals surface area contributed by atoms with Gasteiger partial charge in [-0.15, -0.1) is 11.8 Å². The first kappa shape index (κ1) is 13.6. The molecule has 98 valence electrons. The number of amides is 1. The Kier molecular flexibility index (Phi) is 4.60. The number of benzene rings is 2. The quantitative estimate of drug-likeness (QED) is 0.842. The van der Waals surface area contributed by atoms with E-state index in [0.717, 1.165) is 4.90 Å². The van der Waals surface area contributed by atoms with Gasteiger partial charge in [0.25, 0.3) is 5.91 Å². The summed E-state index contributed by atoms with van der Waals surface area (Å²) >= 11 is 1.60. The average molecular weight is 273 g/mol. The van der Waals surface area contributed by atoms with Gasteiger partial charge in [0, 0.05) is 10.6 Å². The molecule has 1 amide bonds. The molecule has 3 nitrogen and oxygen atoms in total. The second-order valence-electron chi connectivity index (χ2n) is 4.03. The van der Waals surface area contributed by atoms with Crippen LogP contribution in [-0.4, -0.2) is 17.3 Å². The summed E-state index contributed by atoms with van der Waals surface area (Å²) in [6, 6.07) is 16.4. The molecule has 2 aromatic carbocycles. The lowest BCUT2D eigenvalue weighted by atomic mass is 10.1. The van der Waals surface area contributed by atoms with E-state index in [1.165, 1.54) is 0 Å². The van der Waals surface area contributed by atoms with Crippen LogP contribution < -0.4 is 5.32 Å². The van der Waals surface area contributed by atoms with Crippen molar-refractivity contribution in [3.63, 3.8) is 0 Å². The van der Waals surface area contributed by atoms with Gasteiger partial charge >= 0.3 is 0 Å². The molecule has 0 saturated heterocycles. The van der Waals surface area contributed by atoms with Crippen LogP contribution in [0, 0.1) is 0 Å². The minimum Gasteiger partial charge on any atom is -0.378 e. The van der Waals surface area contributed by atoms with Gasteiger partial charge in [-0.3, -0.25) is 4.79 Å². The Balaban J connectivity index is 2.08. The Morgan fingerprint density at radius 1 is 1.16 bits per heavy atom. The minimum atomic E-state index is -1.15. The molecule has 0 heterocycles. The molecule has 0 radical (unpaired) electrons. The van der Waals surface area contributed by atoms with Gasteiger partial charge in [0.15, 0.2) is 6.10 Å². The normalized spacial score (nSPS) is 11.9. The summed E-state index contributed by atoms with van der Waals surface area (Å²) in [5.41, 5.74) is 1.27. The highest BCUT2D eigenvalue weighted by Gasteiger charge is 2.16. The van der Waals surface area contributed by atoms with Crippen LogP contribution in [0.3, 0.4) is 0 Å². The molecule has 0 aliphatic carbocycles. The predicted molar refractivity (Wildman–Crippen MR) is 78.3 cm³/mol. The summed E-state index contributed by atoms with van der Waals surface area (Å²) in [5.74, 6) is -0.426. The molecule has 0 fully saturated rings. The molecule has 2 N–H and O–H groups in total. The van der Waals surface area contributed by atoms with Crippen molar-refractivity contribution < 1.29 is 9.90 Å². The fourth-order valence-corrected chi connectivity index (χ4v) is 2.16. The fourth-order valence-electron chi connectivity index (χ4n) is 1.70. The highest BCUT2D eigenvalue weighted by molar-refractivity contribution is 7.98. The van der Waals surface area contributed by atoms with Crippen molar-refractivity contribution >= 4 is 23.4 Å². The van der Waals surface area contributed by atoms with E-state index in [1.807, 2.05) is 30.5 Å². The van der Waals surface area contributed by atoms with Crippen molar-refractivity contribution in [2.75, 3.05) is 11.6 Å². The van der Waals surface area contributed by atoms with Crippen molar-refractivity contribution in [1.29, 1.82) is 0 Å². The first-order valence-corrected chi connectivity index (χ1v) is 7.11. The third kappa shape index (κ3) is 3.59. The molecule has 0 bridgehead atoms. The van der Waals surface area contributed by atoms with Gasteiger partial charge in [0.2, 0.25) is 0 Å². The average Bonchev–Trinajstić information content (AvgIpc) is 2.47. The molecule has 1 unspecified atom stereocenters. The molecule has 0 aromatic heterocycles. The molecule has 2 aromatic rings. The number of aliphatic hydroxyl groups excluding tert-OH is 1. The Labute approximate surface area is 116 Å². The van der Waals surface area contributed by atoms with E-state index in [9.17, 15) is 9.90 Å². The van der Waals surface area contributed by atoms with E-state index in [-0.39, 0.29) is 0 Å². The minimum absolute atomic E-state index is 0.426. The third-order valence-corrected chi connectivity index (χ3v) is 3.43. The third-order valence-electron chi connectivity index (χ3n) is 2.70. The lowest BCUT2D eigenvalue weighted by molar-refractivity contribution is -0.124. The maximum absolute atomic E-state index is 11.9. The summed E-state index contributed by atoms with van der Waals surface area (Å²) in [5, 5.41) is 12.7. The molecule has 4 heteroatoms. The van der Waals surface area contributed by atoms with Crippen molar-refractivity contribution in [2.24, 2.45) is 0 Å². The zero-order valence-corrected chi connectivity index (χ0v) is 11.4. The first-order valence-electron chi connectivity index (χ1n) is 5.88. The van der Waals surface area contributed by atoms with Gasteiger partial charge in [-0.1, -0.05) is 36.4 Å². The van der Waals surface area contributed by atoms with Gasteiger partial charge in [0.05, 0.1) is 0 Å². The highest BCUT2D eigenvalue weighted by Crippen LogP contribution is 2.20. The number of nitrogens with one attached hydrogen (secondary N) is 1. The van der Waals surface area contributed by atoms with Crippen LogP contribution in [0.2, 0.25) is 0 Å². The Morgan fingerprint density at radius 2 is 1.89 bits per heavy atom. The molecule has 0 aliphatic rings. The van der Waals surface area contributed by atoms with Crippen LogP contribution in [0.5, 0.6) is 0 Å². The molecular weight excluding hydrogens is 258 g/mol. The Morgan fingerprint density at radius 3 is 2.58 bits per heavy atom. The summed E-state index contributed by atoms with van der Waals surface area (Å²) in [6.45, 7) is 0. The van der Waals surface area contributed by atoms with Crippen LogP contribution in [0.15, 0.2) is 59.5 Å². The number of hydrogen-bond donors (Lipinski definition) is 2. The van der Waals surface area contributed by atoms with Crippen molar-refractivity contribution in [2.45, 2.75) is 11.0 Å². The van der Waals surface area contributed by atoms with E-state index in [4.69, 9.17) is 0 Å². The Bertz CT molecular complexity index is 557. The van der Waals surface area contributed by atoms with Crippen molar-refractivity contribution in [1.82, 2.24) is 0 Å². The lowest BCUT2D eigenvalue weighted by Crippen LogP contribution is -2.20. The van der Waals surface area contributed by atoms with Crippen LogP contribution in [0.25, 0.3) is 0 Å². The van der Waals surface area contributed by atoms with Crippen LogP contribution >= 0.6 is 11.8 Å². The number of aliphatic hydroxyl groups is 1. The lowest BCUT2D eigenvalue weighted by Gasteiger charge is -2.12. The number of anilines is 1. The first-order chi connectivity index (χ1) is 9.20. The largest absolute Gasteiger partial charge is 0.378 e.